The maximum atomic E-state index is 13.1. The van der Waals surface area contributed by atoms with Gasteiger partial charge in [-0.05, 0) is 60.4 Å². The van der Waals surface area contributed by atoms with Crippen LogP contribution < -0.4 is 11.1 Å². The van der Waals surface area contributed by atoms with Crippen LogP contribution >= 0.6 is 0 Å². The second-order valence-corrected chi connectivity index (χ2v) is 9.63. The van der Waals surface area contributed by atoms with Gasteiger partial charge in [0.05, 0.1) is 5.92 Å². The molecule has 1 heterocycles. The first-order chi connectivity index (χ1) is 15.8. The first-order valence-electron chi connectivity index (χ1n) is 11.9. The number of nitrogens with two attached hydrogens (primary N) is 1. The lowest BCUT2D eigenvalue weighted by molar-refractivity contribution is -0.126. The van der Waals surface area contributed by atoms with Crippen LogP contribution in [0.2, 0.25) is 0 Å². The van der Waals surface area contributed by atoms with Crippen LogP contribution in [0, 0.1) is 11.8 Å². The number of benzene rings is 2. The number of phenolic OH excluding ortho intramolecular Hbond substituents is 1. The highest BCUT2D eigenvalue weighted by molar-refractivity contribution is 5.79. The van der Waals surface area contributed by atoms with Crippen LogP contribution in [0.5, 0.6) is 5.75 Å². The number of phenols is 1. The Morgan fingerprint density at radius 1 is 1.21 bits per heavy atom. The Morgan fingerprint density at radius 3 is 2.64 bits per heavy atom. The molecule has 1 aliphatic rings. The zero-order valence-electron chi connectivity index (χ0n) is 19.8. The van der Waals surface area contributed by atoms with Crippen molar-refractivity contribution in [3.05, 3.63) is 65.7 Å². The Labute approximate surface area is 197 Å². The second-order valence-electron chi connectivity index (χ2n) is 9.63. The number of nitrogens with one attached hydrogen (secondary N) is 1. The Bertz CT molecular complexity index is 933. The lowest BCUT2D eigenvalue weighted by Gasteiger charge is -2.45. The summed E-state index contributed by atoms with van der Waals surface area (Å²) in [5, 5.41) is 13.0. The molecule has 3 rings (SSSR count). The molecule has 2 amide bonds. The van der Waals surface area contributed by atoms with E-state index in [1.165, 1.54) is 5.56 Å². The van der Waals surface area contributed by atoms with Crippen LogP contribution in [0.3, 0.4) is 0 Å². The van der Waals surface area contributed by atoms with Gasteiger partial charge in [0, 0.05) is 26.1 Å². The van der Waals surface area contributed by atoms with Crippen LogP contribution in [-0.4, -0.2) is 48.0 Å². The van der Waals surface area contributed by atoms with Gasteiger partial charge in [0.15, 0.2) is 0 Å². The number of piperidine rings is 1. The van der Waals surface area contributed by atoms with Crippen molar-refractivity contribution in [1.82, 2.24) is 10.2 Å². The van der Waals surface area contributed by atoms with E-state index in [0.717, 1.165) is 25.1 Å². The fraction of sp³-hybridized carbons (Fsp3) is 0.481. The van der Waals surface area contributed by atoms with Crippen molar-refractivity contribution in [2.45, 2.75) is 44.9 Å². The summed E-state index contributed by atoms with van der Waals surface area (Å²) in [6.45, 7) is 7.47. The van der Waals surface area contributed by atoms with E-state index in [4.69, 9.17) is 5.73 Å². The van der Waals surface area contributed by atoms with Gasteiger partial charge in [-0.25, -0.2) is 0 Å². The Morgan fingerprint density at radius 2 is 1.97 bits per heavy atom. The minimum absolute atomic E-state index is 0.0127. The lowest BCUT2D eigenvalue weighted by Crippen LogP contribution is -2.50. The van der Waals surface area contributed by atoms with Crippen molar-refractivity contribution in [3.63, 3.8) is 0 Å². The largest absolute Gasteiger partial charge is 0.508 e. The van der Waals surface area contributed by atoms with E-state index in [-0.39, 0.29) is 29.6 Å². The highest BCUT2D eigenvalue weighted by atomic mass is 16.3. The van der Waals surface area contributed by atoms with Crippen LogP contribution in [0.1, 0.15) is 44.2 Å². The number of amides is 2. The molecular formula is C27H37N3O3. The smallest absolute Gasteiger partial charge is 0.224 e. The second kappa shape index (κ2) is 11.3. The summed E-state index contributed by atoms with van der Waals surface area (Å²) >= 11 is 0. The highest BCUT2D eigenvalue weighted by Gasteiger charge is 2.39. The fourth-order valence-electron chi connectivity index (χ4n) is 4.84. The third-order valence-electron chi connectivity index (χ3n) is 7.15. The molecule has 2 aromatic rings. The van der Waals surface area contributed by atoms with E-state index in [1.807, 2.05) is 30.3 Å². The number of hydrogen-bond acceptors (Lipinski definition) is 4. The highest BCUT2D eigenvalue weighted by Crippen LogP contribution is 2.40. The van der Waals surface area contributed by atoms with Crippen molar-refractivity contribution in [2.24, 2.45) is 17.6 Å². The van der Waals surface area contributed by atoms with Crippen LogP contribution in [0.15, 0.2) is 54.6 Å². The molecule has 3 unspecified atom stereocenters. The van der Waals surface area contributed by atoms with Crippen molar-refractivity contribution in [2.75, 3.05) is 26.2 Å². The van der Waals surface area contributed by atoms with E-state index in [0.29, 0.717) is 37.6 Å². The van der Waals surface area contributed by atoms with Crippen molar-refractivity contribution in [3.8, 4) is 5.75 Å². The van der Waals surface area contributed by atoms with Gasteiger partial charge in [0.1, 0.15) is 5.75 Å². The lowest BCUT2D eigenvalue weighted by atomic mass is 9.68. The number of carbonyl (C=O) groups is 2. The molecule has 1 fully saturated rings. The SMILES string of the molecule is CC1CN(CC(Cc2ccccc2)C(=O)NCCCC(N)=O)CCC1(C)c1cccc(O)c1. The molecule has 6 heteroatoms. The third-order valence-corrected chi connectivity index (χ3v) is 7.15. The summed E-state index contributed by atoms with van der Waals surface area (Å²) in [6, 6.07) is 17.7. The Hall–Kier alpha value is -2.86. The molecule has 0 spiro atoms. The quantitative estimate of drug-likeness (QED) is 0.483. The van der Waals surface area contributed by atoms with Gasteiger partial charge >= 0.3 is 0 Å². The predicted octanol–water partition coefficient (Wildman–Crippen LogP) is 3.23. The van der Waals surface area contributed by atoms with Crippen molar-refractivity contribution >= 4 is 11.8 Å². The van der Waals surface area contributed by atoms with Gasteiger partial charge in [-0.15, -0.1) is 0 Å². The summed E-state index contributed by atoms with van der Waals surface area (Å²) in [5.41, 5.74) is 7.51. The predicted molar refractivity (Wildman–Crippen MR) is 131 cm³/mol. The molecule has 1 saturated heterocycles. The average Bonchev–Trinajstić information content (AvgIpc) is 2.79. The topological polar surface area (TPSA) is 95.7 Å². The van der Waals surface area contributed by atoms with Crippen molar-refractivity contribution < 1.29 is 14.7 Å². The van der Waals surface area contributed by atoms with E-state index in [9.17, 15) is 14.7 Å². The molecule has 1 aliphatic heterocycles. The number of rotatable bonds is 10. The van der Waals surface area contributed by atoms with Gasteiger partial charge in [-0.3, -0.25) is 9.59 Å². The van der Waals surface area contributed by atoms with Gasteiger partial charge < -0.3 is 21.1 Å². The maximum absolute atomic E-state index is 13.1. The van der Waals surface area contributed by atoms with Gasteiger partial charge in [-0.1, -0.05) is 56.3 Å². The number of nitrogens with zero attached hydrogens (tertiary/aromatic N) is 1. The third kappa shape index (κ3) is 6.81. The first-order valence-corrected chi connectivity index (χ1v) is 11.9. The van der Waals surface area contributed by atoms with Crippen LogP contribution in [0.4, 0.5) is 0 Å². The number of likely N-dealkylation sites (tertiary alicyclic amines) is 1. The molecule has 6 nitrogen and oxygen atoms in total. The fourth-order valence-corrected chi connectivity index (χ4v) is 4.84. The number of carbonyl (C=O) groups excluding carboxylic acids is 2. The molecule has 2 aromatic carbocycles. The zero-order chi connectivity index (χ0) is 23.8. The minimum atomic E-state index is -0.345. The summed E-state index contributed by atoms with van der Waals surface area (Å²) in [5.74, 6) is 0.195. The number of primary amides is 1. The number of aromatic hydroxyl groups is 1. The molecule has 178 valence electrons. The minimum Gasteiger partial charge on any atom is -0.508 e. The number of hydrogen-bond donors (Lipinski definition) is 3. The monoisotopic (exact) mass is 451 g/mol. The summed E-state index contributed by atoms with van der Waals surface area (Å²) in [6.07, 6.45) is 2.48. The summed E-state index contributed by atoms with van der Waals surface area (Å²) in [4.78, 5) is 26.4. The summed E-state index contributed by atoms with van der Waals surface area (Å²) < 4.78 is 0. The molecule has 0 aromatic heterocycles. The molecule has 0 radical (unpaired) electrons. The molecule has 3 atom stereocenters. The van der Waals surface area contributed by atoms with Crippen LogP contribution in [-0.2, 0) is 21.4 Å². The molecular weight excluding hydrogens is 414 g/mol. The van der Waals surface area contributed by atoms with E-state index >= 15 is 0 Å². The molecule has 0 aliphatic carbocycles. The standard InChI is InChI=1S/C27H37N3O3/c1-20-18-30(15-13-27(20,2)23-10-6-11-24(31)17-23)19-22(16-21-8-4-3-5-9-21)26(33)29-14-7-12-25(28)32/h3-6,8-11,17,20,22,31H,7,12-16,18-19H2,1-2H3,(H2,28,32)(H,29,33). The molecule has 0 bridgehead atoms. The Balaban J connectivity index is 1.65. The van der Waals surface area contributed by atoms with Crippen LogP contribution in [0.25, 0.3) is 0 Å². The Kier molecular flexibility index (Phi) is 8.50. The average molecular weight is 452 g/mol. The van der Waals surface area contributed by atoms with E-state index in [2.05, 4.69) is 42.3 Å². The van der Waals surface area contributed by atoms with Gasteiger partial charge in [0.2, 0.25) is 11.8 Å². The first kappa shape index (κ1) is 24.8. The van der Waals surface area contributed by atoms with Gasteiger partial charge in [0.25, 0.3) is 0 Å². The van der Waals surface area contributed by atoms with Crippen molar-refractivity contribution in [1.29, 1.82) is 0 Å². The molecule has 0 saturated carbocycles. The van der Waals surface area contributed by atoms with E-state index in [1.54, 1.807) is 6.07 Å². The normalized spacial score (nSPS) is 21.9. The summed E-state index contributed by atoms with van der Waals surface area (Å²) in [7, 11) is 0. The zero-order valence-corrected chi connectivity index (χ0v) is 19.8. The van der Waals surface area contributed by atoms with Gasteiger partial charge in [-0.2, -0.15) is 0 Å². The van der Waals surface area contributed by atoms with E-state index < -0.39 is 0 Å². The molecule has 4 N–H and O–H groups in total. The maximum Gasteiger partial charge on any atom is 0.224 e. The molecule has 33 heavy (non-hydrogen) atoms.